The molecule has 0 radical (unpaired) electrons. The number of benzene rings is 2. The first-order valence-corrected chi connectivity index (χ1v) is 6.16. The Morgan fingerprint density at radius 1 is 1.11 bits per heavy atom. The molecule has 2 nitrogen and oxygen atoms in total. The van der Waals surface area contributed by atoms with E-state index in [1.54, 1.807) is 7.11 Å². The highest BCUT2D eigenvalue weighted by atomic mass is 16.5. The summed E-state index contributed by atoms with van der Waals surface area (Å²) in [5.41, 5.74) is 3.73. The summed E-state index contributed by atoms with van der Waals surface area (Å²) in [6.45, 7) is 2.10. The number of aryl methyl sites for hydroxylation is 1. The molecule has 0 fully saturated rings. The van der Waals surface area contributed by atoms with E-state index in [0.29, 0.717) is 0 Å². The molecule has 3 rings (SSSR count). The van der Waals surface area contributed by atoms with Crippen molar-refractivity contribution in [1.29, 1.82) is 0 Å². The number of methoxy groups -OCH3 is 1. The Bertz CT molecular complexity index is 558. The molecule has 18 heavy (non-hydrogen) atoms. The SMILES string of the molecule is COc1ccc2c(c1)C[C@@H](c1ccc(C)cc1)O2. The number of ether oxygens (including phenoxy) is 2. The van der Waals surface area contributed by atoms with Gasteiger partial charge in [0.25, 0.3) is 0 Å². The summed E-state index contributed by atoms with van der Waals surface area (Å²) in [6, 6.07) is 14.5. The summed E-state index contributed by atoms with van der Waals surface area (Å²) in [5, 5.41) is 0. The van der Waals surface area contributed by atoms with Gasteiger partial charge in [-0.25, -0.2) is 0 Å². The lowest BCUT2D eigenvalue weighted by atomic mass is 10.0. The second-order valence-electron chi connectivity index (χ2n) is 4.69. The van der Waals surface area contributed by atoms with E-state index in [9.17, 15) is 0 Å². The standard InChI is InChI=1S/C16H16O2/c1-11-3-5-12(6-4-11)16-10-13-9-14(17-2)7-8-15(13)18-16/h3-9,16H,10H2,1-2H3/t16-/m0/s1. The van der Waals surface area contributed by atoms with Crippen LogP contribution in [0.1, 0.15) is 22.8 Å². The highest BCUT2D eigenvalue weighted by Gasteiger charge is 2.24. The molecule has 0 aliphatic carbocycles. The van der Waals surface area contributed by atoms with Gasteiger partial charge in [-0.3, -0.25) is 0 Å². The Balaban J connectivity index is 1.86. The molecule has 1 aliphatic rings. The van der Waals surface area contributed by atoms with Crippen molar-refractivity contribution in [2.75, 3.05) is 7.11 Å². The Labute approximate surface area is 107 Å². The van der Waals surface area contributed by atoms with Crippen LogP contribution in [0.4, 0.5) is 0 Å². The van der Waals surface area contributed by atoms with Crippen molar-refractivity contribution in [3.05, 3.63) is 59.2 Å². The number of fused-ring (bicyclic) bond motifs is 1. The maximum Gasteiger partial charge on any atom is 0.128 e. The number of hydrogen-bond acceptors (Lipinski definition) is 2. The lowest BCUT2D eigenvalue weighted by Crippen LogP contribution is -2.02. The van der Waals surface area contributed by atoms with Crippen molar-refractivity contribution >= 4 is 0 Å². The second kappa shape index (κ2) is 4.37. The average molecular weight is 240 g/mol. The van der Waals surface area contributed by atoms with E-state index in [0.717, 1.165) is 17.9 Å². The van der Waals surface area contributed by atoms with Gasteiger partial charge in [0.1, 0.15) is 17.6 Å². The molecule has 0 amide bonds. The van der Waals surface area contributed by atoms with E-state index in [-0.39, 0.29) is 6.10 Å². The Kier molecular flexibility index (Phi) is 2.71. The van der Waals surface area contributed by atoms with Crippen molar-refractivity contribution in [2.24, 2.45) is 0 Å². The van der Waals surface area contributed by atoms with E-state index in [4.69, 9.17) is 9.47 Å². The van der Waals surface area contributed by atoms with Crippen LogP contribution in [0, 0.1) is 6.92 Å². The summed E-state index contributed by atoms with van der Waals surface area (Å²) in [7, 11) is 1.69. The van der Waals surface area contributed by atoms with Gasteiger partial charge in [-0.1, -0.05) is 29.8 Å². The monoisotopic (exact) mass is 240 g/mol. The summed E-state index contributed by atoms with van der Waals surface area (Å²) in [5.74, 6) is 1.86. The molecular weight excluding hydrogens is 224 g/mol. The first-order valence-electron chi connectivity index (χ1n) is 6.16. The van der Waals surface area contributed by atoms with Crippen LogP contribution in [0.25, 0.3) is 0 Å². The minimum absolute atomic E-state index is 0.132. The maximum absolute atomic E-state index is 5.98. The van der Waals surface area contributed by atoms with Gasteiger partial charge in [-0.15, -0.1) is 0 Å². The predicted molar refractivity (Wildman–Crippen MR) is 71.2 cm³/mol. The topological polar surface area (TPSA) is 18.5 Å². The maximum atomic E-state index is 5.98. The molecule has 0 saturated carbocycles. The van der Waals surface area contributed by atoms with Crippen molar-refractivity contribution in [2.45, 2.75) is 19.4 Å². The summed E-state index contributed by atoms with van der Waals surface area (Å²) in [4.78, 5) is 0. The van der Waals surface area contributed by atoms with Gasteiger partial charge in [0, 0.05) is 12.0 Å². The van der Waals surface area contributed by atoms with Gasteiger partial charge < -0.3 is 9.47 Å². The van der Waals surface area contributed by atoms with Gasteiger partial charge >= 0.3 is 0 Å². The fourth-order valence-electron chi connectivity index (χ4n) is 2.32. The molecule has 0 N–H and O–H groups in total. The van der Waals surface area contributed by atoms with Crippen LogP contribution < -0.4 is 9.47 Å². The van der Waals surface area contributed by atoms with E-state index >= 15 is 0 Å². The minimum atomic E-state index is 0.132. The molecular formula is C16H16O2. The highest BCUT2D eigenvalue weighted by molar-refractivity contribution is 5.44. The first-order chi connectivity index (χ1) is 8.76. The molecule has 0 spiro atoms. The average Bonchev–Trinajstić information content (AvgIpc) is 2.82. The van der Waals surface area contributed by atoms with Crippen LogP contribution in [-0.4, -0.2) is 7.11 Å². The molecule has 0 aromatic heterocycles. The zero-order valence-electron chi connectivity index (χ0n) is 10.6. The zero-order chi connectivity index (χ0) is 12.5. The fraction of sp³-hybridized carbons (Fsp3) is 0.250. The Morgan fingerprint density at radius 3 is 2.61 bits per heavy atom. The fourth-order valence-corrected chi connectivity index (χ4v) is 2.32. The Morgan fingerprint density at radius 2 is 1.89 bits per heavy atom. The summed E-state index contributed by atoms with van der Waals surface area (Å²) >= 11 is 0. The van der Waals surface area contributed by atoms with Gasteiger partial charge in [0.2, 0.25) is 0 Å². The second-order valence-corrected chi connectivity index (χ2v) is 4.69. The smallest absolute Gasteiger partial charge is 0.128 e. The lowest BCUT2D eigenvalue weighted by Gasteiger charge is -2.10. The molecule has 1 heterocycles. The third-order valence-corrected chi connectivity index (χ3v) is 3.39. The van der Waals surface area contributed by atoms with Gasteiger partial charge in [-0.2, -0.15) is 0 Å². The molecule has 0 bridgehead atoms. The predicted octanol–water partition coefficient (Wildman–Crippen LogP) is 3.68. The van der Waals surface area contributed by atoms with Crippen LogP contribution in [0.3, 0.4) is 0 Å². The molecule has 2 aromatic rings. The number of rotatable bonds is 2. The third kappa shape index (κ3) is 1.94. The minimum Gasteiger partial charge on any atom is -0.497 e. The van der Waals surface area contributed by atoms with Crippen LogP contribution in [-0.2, 0) is 6.42 Å². The zero-order valence-corrected chi connectivity index (χ0v) is 10.6. The lowest BCUT2D eigenvalue weighted by molar-refractivity contribution is 0.238. The van der Waals surface area contributed by atoms with Crippen LogP contribution >= 0.6 is 0 Å². The molecule has 1 atom stereocenters. The van der Waals surface area contributed by atoms with Crippen molar-refractivity contribution in [3.63, 3.8) is 0 Å². The van der Waals surface area contributed by atoms with Crippen molar-refractivity contribution in [3.8, 4) is 11.5 Å². The van der Waals surface area contributed by atoms with Crippen molar-refractivity contribution in [1.82, 2.24) is 0 Å². The van der Waals surface area contributed by atoms with Gasteiger partial charge in [0.05, 0.1) is 7.11 Å². The molecule has 1 aliphatic heterocycles. The number of hydrogen-bond donors (Lipinski definition) is 0. The van der Waals surface area contributed by atoms with E-state index in [1.165, 1.54) is 16.7 Å². The molecule has 0 saturated heterocycles. The first kappa shape index (κ1) is 11.1. The molecule has 2 heteroatoms. The van der Waals surface area contributed by atoms with Crippen molar-refractivity contribution < 1.29 is 9.47 Å². The third-order valence-electron chi connectivity index (χ3n) is 3.39. The van der Waals surface area contributed by atoms with E-state index in [1.807, 2.05) is 12.1 Å². The molecule has 2 aromatic carbocycles. The van der Waals surface area contributed by atoms with Crippen LogP contribution in [0.15, 0.2) is 42.5 Å². The highest BCUT2D eigenvalue weighted by Crippen LogP contribution is 2.38. The quantitative estimate of drug-likeness (QED) is 0.797. The van der Waals surface area contributed by atoms with Gasteiger partial charge in [-0.05, 0) is 30.7 Å². The molecule has 92 valence electrons. The van der Waals surface area contributed by atoms with E-state index in [2.05, 4.69) is 37.3 Å². The largest absolute Gasteiger partial charge is 0.497 e. The van der Waals surface area contributed by atoms with Crippen LogP contribution in [0.5, 0.6) is 11.5 Å². The van der Waals surface area contributed by atoms with E-state index < -0.39 is 0 Å². The Hall–Kier alpha value is -1.96. The molecule has 0 unspecified atom stereocenters. The normalized spacial score (nSPS) is 17.1. The summed E-state index contributed by atoms with van der Waals surface area (Å²) < 4.78 is 11.2. The van der Waals surface area contributed by atoms with Gasteiger partial charge in [0.15, 0.2) is 0 Å². The van der Waals surface area contributed by atoms with Crippen LogP contribution in [0.2, 0.25) is 0 Å². The summed E-state index contributed by atoms with van der Waals surface area (Å²) in [6.07, 6.45) is 1.04.